The molecule has 0 spiro atoms. The molecular formula is C23H27Cl2NO4. The van der Waals surface area contributed by atoms with E-state index in [0.717, 1.165) is 17.7 Å². The summed E-state index contributed by atoms with van der Waals surface area (Å²) in [4.78, 5) is 14.6. The van der Waals surface area contributed by atoms with E-state index >= 15 is 0 Å². The van der Waals surface area contributed by atoms with Crippen LogP contribution in [0.5, 0.6) is 0 Å². The minimum atomic E-state index is -0.560. The summed E-state index contributed by atoms with van der Waals surface area (Å²) in [6, 6.07) is 15.2. The van der Waals surface area contributed by atoms with E-state index in [4.69, 9.17) is 38.2 Å². The predicted octanol–water partition coefficient (Wildman–Crippen LogP) is 4.40. The maximum Gasteiger partial charge on any atom is 0.249 e. The molecule has 1 heterocycles. The van der Waals surface area contributed by atoms with Gasteiger partial charge in [-0.3, -0.25) is 4.79 Å². The molecule has 1 aliphatic heterocycles. The molecule has 1 saturated carbocycles. The van der Waals surface area contributed by atoms with Crippen molar-refractivity contribution in [3.63, 3.8) is 0 Å². The van der Waals surface area contributed by atoms with Crippen LogP contribution in [0.2, 0.25) is 10.0 Å². The Kier molecular flexibility index (Phi) is 8.14. The molecule has 2 aromatic carbocycles. The van der Waals surface area contributed by atoms with Crippen LogP contribution >= 0.6 is 23.2 Å². The van der Waals surface area contributed by atoms with E-state index in [-0.39, 0.29) is 31.3 Å². The van der Waals surface area contributed by atoms with Crippen LogP contribution in [-0.4, -0.2) is 46.9 Å². The molecule has 2 aliphatic rings. The fourth-order valence-electron chi connectivity index (χ4n) is 3.42. The number of amides is 1. The molecule has 30 heavy (non-hydrogen) atoms. The summed E-state index contributed by atoms with van der Waals surface area (Å²) in [7, 11) is 0. The summed E-state index contributed by atoms with van der Waals surface area (Å²) in [5.41, 5.74) is 2.02. The highest BCUT2D eigenvalue weighted by molar-refractivity contribution is 6.30. The van der Waals surface area contributed by atoms with E-state index in [1.165, 1.54) is 19.8 Å². The van der Waals surface area contributed by atoms with Crippen molar-refractivity contribution >= 4 is 29.1 Å². The number of halogens is 2. The van der Waals surface area contributed by atoms with Gasteiger partial charge in [0.15, 0.2) is 0 Å². The zero-order chi connectivity index (χ0) is 21.7. The van der Waals surface area contributed by atoms with Crippen molar-refractivity contribution in [2.45, 2.75) is 38.0 Å². The van der Waals surface area contributed by atoms with Crippen LogP contribution in [0.1, 0.15) is 43.0 Å². The van der Waals surface area contributed by atoms with Gasteiger partial charge < -0.3 is 19.8 Å². The first-order valence-corrected chi connectivity index (χ1v) is 10.9. The lowest BCUT2D eigenvalue weighted by Crippen LogP contribution is -2.46. The van der Waals surface area contributed by atoms with Crippen LogP contribution in [0.3, 0.4) is 0 Å². The number of rotatable bonds is 5. The van der Waals surface area contributed by atoms with E-state index in [9.17, 15) is 4.79 Å². The summed E-state index contributed by atoms with van der Waals surface area (Å²) >= 11 is 12.2. The third kappa shape index (κ3) is 6.19. The second kappa shape index (κ2) is 10.6. The minimum Gasteiger partial charge on any atom is -0.394 e. The quantitative estimate of drug-likeness (QED) is 0.706. The molecule has 162 valence electrons. The van der Waals surface area contributed by atoms with Crippen LogP contribution in [0.25, 0.3) is 0 Å². The van der Waals surface area contributed by atoms with Crippen LogP contribution in [0.4, 0.5) is 0 Å². The molecule has 0 aromatic heterocycles. The molecule has 3 atom stereocenters. The van der Waals surface area contributed by atoms with Crippen molar-refractivity contribution in [1.82, 2.24) is 4.90 Å². The number of hydrogen-bond acceptors (Lipinski definition) is 4. The maximum atomic E-state index is 12.6. The Morgan fingerprint density at radius 3 is 2.33 bits per heavy atom. The van der Waals surface area contributed by atoms with Crippen LogP contribution in [0, 0.1) is 5.92 Å². The molecule has 2 fully saturated rings. The average Bonchev–Trinajstić information content (AvgIpc) is 3.55. The SMILES string of the molecule is CC(O)CO.O=C1COC(c2cccc(Cl)c2)C(c2ccc(Cl)cc2)N1CC1CC1. The summed E-state index contributed by atoms with van der Waals surface area (Å²) in [5, 5.41) is 17.4. The van der Waals surface area contributed by atoms with Gasteiger partial charge in [-0.2, -0.15) is 0 Å². The van der Waals surface area contributed by atoms with Gasteiger partial charge in [-0.15, -0.1) is 0 Å². The number of hydrogen-bond donors (Lipinski definition) is 2. The number of morpholine rings is 1. The normalized spacial score (nSPS) is 22.3. The van der Waals surface area contributed by atoms with Crippen molar-refractivity contribution < 1.29 is 19.7 Å². The molecule has 1 saturated heterocycles. The van der Waals surface area contributed by atoms with E-state index in [2.05, 4.69) is 0 Å². The van der Waals surface area contributed by atoms with Gasteiger partial charge in [-0.1, -0.05) is 47.5 Å². The van der Waals surface area contributed by atoms with Gasteiger partial charge in [0.25, 0.3) is 0 Å². The molecule has 4 rings (SSSR count). The first-order valence-electron chi connectivity index (χ1n) is 10.1. The smallest absolute Gasteiger partial charge is 0.249 e. The van der Waals surface area contributed by atoms with Crippen LogP contribution < -0.4 is 0 Å². The minimum absolute atomic E-state index is 0.0464. The monoisotopic (exact) mass is 451 g/mol. The van der Waals surface area contributed by atoms with Gasteiger partial charge in [0.1, 0.15) is 12.7 Å². The molecule has 0 radical (unpaired) electrons. The fourth-order valence-corrected chi connectivity index (χ4v) is 3.75. The standard InChI is InChI=1S/C20H19Cl2NO2.C3H8O2/c21-16-8-6-14(7-9-16)19-20(15-2-1-3-17(22)10-15)25-12-18(24)23(19)11-13-4-5-13;1-3(5)2-4/h1-3,6-10,13,19-20H,4-5,11-12H2;3-5H,2H2,1H3. The second-order valence-corrected chi connectivity index (χ2v) is 8.68. The van der Waals surface area contributed by atoms with Crippen molar-refractivity contribution in [2.75, 3.05) is 19.8 Å². The van der Waals surface area contributed by atoms with Crippen LogP contribution in [0.15, 0.2) is 48.5 Å². The van der Waals surface area contributed by atoms with E-state index in [1.807, 2.05) is 53.4 Å². The van der Waals surface area contributed by atoms with E-state index in [1.54, 1.807) is 0 Å². The van der Waals surface area contributed by atoms with E-state index in [0.29, 0.717) is 16.0 Å². The fraction of sp³-hybridized carbons (Fsp3) is 0.435. The molecule has 1 aliphatic carbocycles. The summed E-state index contributed by atoms with van der Waals surface area (Å²) in [6.45, 7) is 2.28. The molecule has 2 aromatic rings. The number of ether oxygens (including phenoxy) is 1. The zero-order valence-electron chi connectivity index (χ0n) is 16.9. The first kappa shape index (κ1) is 23.0. The van der Waals surface area contributed by atoms with Crippen molar-refractivity contribution in [3.8, 4) is 0 Å². The summed E-state index contributed by atoms with van der Waals surface area (Å²) < 4.78 is 5.98. The maximum absolute atomic E-state index is 12.6. The lowest BCUT2D eigenvalue weighted by molar-refractivity contribution is -0.159. The third-order valence-corrected chi connectivity index (χ3v) is 5.62. The van der Waals surface area contributed by atoms with Gasteiger partial charge >= 0.3 is 0 Å². The number of carbonyl (C=O) groups is 1. The lowest BCUT2D eigenvalue weighted by Gasteiger charge is -2.41. The first-order chi connectivity index (χ1) is 14.4. The predicted molar refractivity (Wildman–Crippen MR) is 118 cm³/mol. The topological polar surface area (TPSA) is 70.0 Å². The molecule has 7 heteroatoms. The Balaban J connectivity index is 0.000000461. The molecular weight excluding hydrogens is 425 g/mol. The van der Waals surface area contributed by atoms with Crippen molar-refractivity contribution in [1.29, 1.82) is 0 Å². The Bertz CT molecular complexity index is 839. The largest absolute Gasteiger partial charge is 0.394 e. The third-order valence-electron chi connectivity index (χ3n) is 5.13. The van der Waals surface area contributed by atoms with Gasteiger partial charge in [0.05, 0.1) is 18.8 Å². The molecule has 1 amide bonds. The van der Waals surface area contributed by atoms with Gasteiger partial charge in [0, 0.05) is 16.6 Å². The lowest BCUT2D eigenvalue weighted by atomic mass is 9.92. The summed E-state index contributed by atoms with van der Waals surface area (Å²) in [5.74, 6) is 0.655. The second-order valence-electron chi connectivity index (χ2n) is 7.80. The number of carbonyl (C=O) groups excluding carboxylic acids is 1. The number of benzene rings is 2. The van der Waals surface area contributed by atoms with Gasteiger partial charge in [-0.05, 0) is 61.1 Å². The van der Waals surface area contributed by atoms with Crippen molar-refractivity contribution in [2.24, 2.45) is 5.92 Å². The van der Waals surface area contributed by atoms with Gasteiger partial charge in [-0.25, -0.2) is 0 Å². The highest BCUT2D eigenvalue weighted by Crippen LogP contribution is 2.43. The van der Waals surface area contributed by atoms with Crippen molar-refractivity contribution in [3.05, 3.63) is 69.7 Å². The molecule has 5 nitrogen and oxygen atoms in total. The Labute approximate surface area is 187 Å². The highest BCUT2D eigenvalue weighted by Gasteiger charge is 2.41. The average molecular weight is 452 g/mol. The highest BCUT2D eigenvalue weighted by atomic mass is 35.5. The Morgan fingerprint density at radius 2 is 1.77 bits per heavy atom. The van der Waals surface area contributed by atoms with Crippen LogP contribution in [-0.2, 0) is 9.53 Å². The summed E-state index contributed by atoms with van der Waals surface area (Å²) in [6.07, 6.45) is 1.59. The number of aliphatic hydroxyl groups excluding tert-OH is 2. The van der Waals surface area contributed by atoms with E-state index < -0.39 is 6.10 Å². The molecule has 2 N–H and O–H groups in total. The Morgan fingerprint density at radius 1 is 1.10 bits per heavy atom. The molecule has 3 unspecified atom stereocenters. The number of aliphatic hydroxyl groups is 2. The molecule has 0 bridgehead atoms. The number of nitrogens with zero attached hydrogens (tertiary/aromatic N) is 1. The Hall–Kier alpha value is -1.63. The zero-order valence-corrected chi connectivity index (χ0v) is 18.4. The van der Waals surface area contributed by atoms with Gasteiger partial charge in [0.2, 0.25) is 5.91 Å².